The summed E-state index contributed by atoms with van der Waals surface area (Å²) in [4.78, 5) is 31.4. The van der Waals surface area contributed by atoms with Crippen LogP contribution in [0.1, 0.15) is 61.3 Å². The summed E-state index contributed by atoms with van der Waals surface area (Å²) in [5.74, 6) is 2.68. The maximum absolute atomic E-state index is 5.26. The first-order valence-corrected chi connectivity index (χ1v) is 15.0. The second-order valence-electron chi connectivity index (χ2n) is 12.8. The number of amidine groups is 2. The van der Waals surface area contributed by atoms with E-state index in [0.29, 0.717) is 23.3 Å². The van der Waals surface area contributed by atoms with Crippen molar-refractivity contribution in [2.24, 2.45) is 20.0 Å². The van der Waals surface area contributed by atoms with Gasteiger partial charge in [0.25, 0.3) is 0 Å². The van der Waals surface area contributed by atoms with Gasteiger partial charge in [0.15, 0.2) is 0 Å². The van der Waals surface area contributed by atoms with E-state index in [0.717, 1.165) is 66.6 Å². The van der Waals surface area contributed by atoms with Gasteiger partial charge in [-0.05, 0) is 44.6 Å². The maximum atomic E-state index is 5.26. The van der Waals surface area contributed by atoms with Crippen LogP contribution < -0.4 is 9.97 Å². The van der Waals surface area contributed by atoms with E-state index in [9.17, 15) is 0 Å². The minimum Gasteiger partial charge on any atom is -0.438 e. The first-order valence-electron chi connectivity index (χ1n) is 15.0. The van der Waals surface area contributed by atoms with Gasteiger partial charge in [-0.25, -0.2) is 0 Å². The molecule has 45 heavy (non-hydrogen) atoms. The molecule has 220 valence electrons. The van der Waals surface area contributed by atoms with Gasteiger partial charge in [-0.1, -0.05) is 125 Å². The summed E-state index contributed by atoms with van der Waals surface area (Å²) in [7, 11) is 0. The van der Waals surface area contributed by atoms with Crippen molar-refractivity contribution in [3.63, 3.8) is 0 Å². The third-order valence-corrected chi connectivity index (χ3v) is 9.35. The summed E-state index contributed by atoms with van der Waals surface area (Å²) in [5, 5.41) is 4.13. The first kappa shape index (κ1) is 27.8. The number of benzene rings is 4. The van der Waals surface area contributed by atoms with Gasteiger partial charge in [-0.2, -0.15) is 0 Å². The van der Waals surface area contributed by atoms with E-state index in [1.54, 1.807) is 0 Å². The zero-order valence-electron chi connectivity index (χ0n) is 25.2. The minimum atomic E-state index is -0.542. The number of aliphatic imine (C=N–C) groups is 4. The van der Waals surface area contributed by atoms with Crippen LogP contribution in [0.15, 0.2) is 117 Å². The van der Waals surface area contributed by atoms with Crippen molar-refractivity contribution in [2.75, 3.05) is 0 Å². The summed E-state index contributed by atoms with van der Waals surface area (Å²) in [6.45, 7) is 8.77. The van der Waals surface area contributed by atoms with Gasteiger partial charge < -0.3 is 20.0 Å². The topological polar surface area (TPSA) is 77.6 Å². The Morgan fingerprint density at radius 1 is 0.422 bits per heavy atom. The predicted octanol–water partition coefficient (Wildman–Crippen LogP) is 7.94. The van der Waals surface area contributed by atoms with E-state index in [2.05, 4.69) is 100 Å². The van der Waals surface area contributed by atoms with Crippen LogP contribution in [0.5, 0.6) is 0 Å². The van der Waals surface area contributed by atoms with E-state index in [1.165, 1.54) is 0 Å². The van der Waals surface area contributed by atoms with E-state index in [1.807, 2.05) is 24.3 Å². The largest absolute Gasteiger partial charge is 2.00 e. The molecule has 5 heterocycles. The number of nitrogens with zero attached hydrogens (tertiary/aromatic N) is 6. The Hall–Kier alpha value is -4.70. The van der Waals surface area contributed by atoms with Gasteiger partial charge >= 0.3 is 20.4 Å². The van der Waals surface area contributed by atoms with E-state index >= 15 is 0 Å². The van der Waals surface area contributed by atoms with Gasteiger partial charge in [0.05, 0.1) is 23.1 Å². The molecule has 6 aromatic rings. The van der Waals surface area contributed by atoms with E-state index < -0.39 is 10.8 Å². The average molecular weight is 675 g/mol. The minimum absolute atomic E-state index is 0. The van der Waals surface area contributed by atoms with Crippen LogP contribution in [0.2, 0.25) is 0 Å². The zero-order valence-corrected chi connectivity index (χ0v) is 26.8. The third-order valence-electron chi connectivity index (χ3n) is 9.35. The fraction of sp³-hybridized carbons (Fsp3) is 0.158. The fourth-order valence-electron chi connectivity index (χ4n) is 7.12. The molecule has 0 aliphatic carbocycles. The number of aromatic nitrogens is 2. The maximum Gasteiger partial charge on any atom is 2.00 e. The Labute approximate surface area is 274 Å². The molecule has 0 unspecified atom stereocenters. The van der Waals surface area contributed by atoms with E-state index in [4.69, 9.17) is 29.9 Å². The van der Waals surface area contributed by atoms with Crippen molar-refractivity contribution in [2.45, 2.75) is 38.5 Å². The molecule has 8 bridgehead atoms. The Balaban J connectivity index is 0.00000300. The summed E-state index contributed by atoms with van der Waals surface area (Å²) in [5.41, 5.74) is 6.79. The molecule has 0 saturated carbocycles. The smallest absolute Gasteiger partial charge is 0.438 e. The number of hydrogen-bond acceptors (Lipinski definition) is 4. The van der Waals surface area contributed by atoms with E-state index in [-0.39, 0.29) is 20.4 Å². The summed E-state index contributed by atoms with van der Waals surface area (Å²) in [6.07, 6.45) is 0. The second-order valence-corrected chi connectivity index (χ2v) is 12.8. The molecular weight excluding hydrogens is 647 g/mol. The third kappa shape index (κ3) is 3.84. The van der Waals surface area contributed by atoms with Crippen LogP contribution in [0, 0.1) is 0 Å². The molecule has 9 rings (SSSR count). The molecule has 0 atom stereocenters. The van der Waals surface area contributed by atoms with Crippen molar-refractivity contribution in [1.82, 2.24) is 9.97 Å². The van der Waals surface area contributed by atoms with Crippen molar-refractivity contribution in [1.29, 1.82) is 0 Å². The van der Waals surface area contributed by atoms with Crippen LogP contribution in [0.25, 0.3) is 21.5 Å². The van der Waals surface area contributed by atoms with Crippen LogP contribution in [-0.4, -0.2) is 23.1 Å². The molecule has 0 N–H and O–H groups in total. The summed E-state index contributed by atoms with van der Waals surface area (Å²) >= 11 is 0. The van der Waals surface area contributed by atoms with Crippen LogP contribution in [0.4, 0.5) is 11.6 Å². The van der Waals surface area contributed by atoms with Gasteiger partial charge in [0.1, 0.15) is 0 Å². The van der Waals surface area contributed by atoms with Crippen molar-refractivity contribution >= 4 is 56.3 Å². The zero-order chi connectivity index (χ0) is 29.8. The molecule has 0 fully saturated rings. The van der Waals surface area contributed by atoms with Crippen LogP contribution in [-0.2, 0) is 31.3 Å². The predicted molar refractivity (Wildman–Crippen MR) is 179 cm³/mol. The molecule has 7 heteroatoms. The molecule has 0 radical (unpaired) electrons. The van der Waals surface area contributed by atoms with Gasteiger partial charge in [-0.15, -0.1) is 0 Å². The summed E-state index contributed by atoms with van der Waals surface area (Å²) in [6, 6.07) is 33.4. The van der Waals surface area contributed by atoms with Gasteiger partial charge in [-0.3, -0.25) is 9.98 Å². The van der Waals surface area contributed by atoms with Crippen LogP contribution in [0.3, 0.4) is 0 Å². The van der Waals surface area contributed by atoms with Crippen molar-refractivity contribution in [3.05, 3.63) is 131 Å². The Bertz CT molecular complexity index is 2180. The molecule has 4 aromatic carbocycles. The second kappa shape index (κ2) is 9.65. The molecule has 0 amide bonds. The Morgan fingerprint density at radius 3 is 1.16 bits per heavy atom. The number of hydrogen-bond donors (Lipinski definition) is 0. The summed E-state index contributed by atoms with van der Waals surface area (Å²) < 4.78 is 0. The first-order chi connectivity index (χ1) is 21.3. The van der Waals surface area contributed by atoms with Gasteiger partial charge in [0.2, 0.25) is 0 Å². The molecule has 2 aromatic heterocycles. The normalized spacial score (nSPS) is 19.5. The fourth-order valence-corrected chi connectivity index (χ4v) is 7.12. The number of rotatable bonds is 0. The SMILES string of the molecule is CC1(C)C2=N/C(=N\c3[n-]c(c4ccccc34)C(C)(C)C3=N/C(=N\c4[n-]c1c1ccccc41)c1ccccc13)c1ccccc12.[Pd+2]. The molecule has 6 nitrogen and oxygen atoms in total. The Morgan fingerprint density at radius 2 is 0.756 bits per heavy atom. The van der Waals surface area contributed by atoms with Gasteiger partial charge in [0, 0.05) is 33.1 Å². The standard InChI is InChI=1S/C38H28N6.Pd/c1-37(2)29-21-13-5-9-17-25(21)33(39-29)43-35-27-19-11-7-15-23(27)31(41-35)38(3,4)32-24-16-8-12-20-28(24)36(42-32)44-34-26-18-10-6-14-22(26)30(37)40-34;/h5-20H,1-4H3;/q-2;+2/b43-33-,44-36-;. The monoisotopic (exact) mass is 674 g/mol. The Kier molecular flexibility index (Phi) is 5.97. The molecular formula is C38H28N6Pd. The van der Waals surface area contributed by atoms with Crippen molar-refractivity contribution < 1.29 is 20.4 Å². The average Bonchev–Trinajstić information content (AvgIpc) is 3.80. The molecule has 0 saturated heterocycles. The van der Waals surface area contributed by atoms with Crippen LogP contribution >= 0.6 is 0 Å². The molecule has 3 aliphatic rings. The molecule has 0 spiro atoms. The van der Waals surface area contributed by atoms with Crippen molar-refractivity contribution in [3.8, 4) is 0 Å². The number of fused-ring (bicyclic) bond motifs is 18. The quantitative estimate of drug-likeness (QED) is 0.153. The molecule has 3 aliphatic heterocycles.